The average molecular weight is 591 g/mol. The molecule has 230 valence electrons. The van der Waals surface area contributed by atoms with Gasteiger partial charge < -0.3 is 35.3 Å². The summed E-state index contributed by atoms with van der Waals surface area (Å²) in [5.41, 5.74) is 7.73. The predicted octanol–water partition coefficient (Wildman–Crippen LogP) is 4.62. The summed E-state index contributed by atoms with van der Waals surface area (Å²) in [6.45, 7) is 5.83. The zero-order valence-corrected chi connectivity index (χ0v) is 25.3. The number of nitrogens with two attached hydrogens (primary N) is 1. The normalized spacial score (nSPS) is 20.6. The van der Waals surface area contributed by atoms with E-state index in [1.54, 1.807) is 7.11 Å². The minimum Gasteiger partial charge on any atom is -0.497 e. The molecule has 5 rings (SSSR count). The number of carbonyl (C=O) groups excluding carboxylic acids is 2. The number of alkyl carbamates (subject to hydrolysis) is 1. The topological polar surface area (TPSA) is 136 Å². The third-order valence-corrected chi connectivity index (χ3v) is 8.28. The van der Waals surface area contributed by atoms with Gasteiger partial charge in [0.2, 0.25) is 5.91 Å². The number of aliphatic hydroxyl groups excluding tert-OH is 1. The van der Waals surface area contributed by atoms with Crippen molar-refractivity contribution < 1.29 is 28.9 Å². The highest BCUT2D eigenvalue weighted by molar-refractivity contribution is 5.89. The lowest BCUT2D eigenvalue weighted by atomic mass is 9.85. The van der Waals surface area contributed by atoms with Crippen molar-refractivity contribution in [3.05, 3.63) is 54.6 Å². The second-order valence-electron chi connectivity index (χ2n) is 12.5. The molecule has 3 aromatic rings. The van der Waals surface area contributed by atoms with Gasteiger partial charge in [-0.25, -0.2) is 9.78 Å². The number of benzene rings is 2. The fourth-order valence-electron chi connectivity index (χ4n) is 5.95. The van der Waals surface area contributed by atoms with Gasteiger partial charge in [-0.05, 0) is 43.2 Å². The van der Waals surface area contributed by atoms with Crippen molar-refractivity contribution in [2.24, 2.45) is 11.1 Å². The number of ether oxygens (including phenoxy) is 3. The monoisotopic (exact) mass is 590 g/mol. The maximum Gasteiger partial charge on any atom is 0.408 e. The molecule has 1 saturated carbocycles. The van der Waals surface area contributed by atoms with Gasteiger partial charge in [0.25, 0.3) is 0 Å². The number of carbonyl (C=O) groups is 2. The quantitative estimate of drug-likeness (QED) is 0.324. The van der Waals surface area contributed by atoms with Crippen LogP contribution in [0.4, 0.5) is 4.79 Å². The lowest BCUT2D eigenvalue weighted by Crippen LogP contribution is -2.58. The highest BCUT2D eigenvalue weighted by Crippen LogP contribution is 2.35. The van der Waals surface area contributed by atoms with Crippen LogP contribution >= 0.6 is 0 Å². The zero-order chi connectivity index (χ0) is 30.7. The van der Waals surface area contributed by atoms with Gasteiger partial charge in [0.05, 0.1) is 30.9 Å². The molecule has 1 saturated heterocycles. The largest absolute Gasteiger partial charge is 0.497 e. The Balaban J connectivity index is 1.40. The first-order chi connectivity index (χ1) is 20.5. The zero-order valence-electron chi connectivity index (χ0n) is 25.3. The molecule has 1 aliphatic carbocycles. The molecule has 10 nitrogen and oxygen atoms in total. The Kier molecular flexibility index (Phi) is 9.08. The molecule has 0 bridgehead atoms. The first kappa shape index (κ1) is 30.6. The molecule has 2 unspecified atom stereocenters. The molecule has 0 spiro atoms. The first-order valence-electron chi connectivity index (χ1n) is 15.0. The summed E-state index contributed by atoms with van der Waals surface area (Å²) in [6.07, 6.45) is 1.53. The summed E-state index contributed by atoms with van der Waals surface area (Å²) >= 11 is 0. The lowest BCUT2D eigenvalue weighted by Gasteiger charge is -2.36. The molecule has 4 atom stereocenters. The van der Waals surface area contributed by atoms with E-state index in [4.69, 9.17) is 24.9 Å². The van der Waals surface area contributed by atoms with Gasteiger partial charge in [0.15, 0.2) is 0 Å². The van der Waals surface area contributed by atoms with Crippen LogP contribution in [-0.2, 0) is 9.53 Å². The summed E-state index contributed by atoms with van der Waals surface area (Å²) in [4.78, 5) is 33.2. The third kappa shape index (κ3) is 7.02. The van der Waals surface area contributed by atoms with Crippen molar-refractivity contribution in [1.29, 1.82) is 0 Å². The average Bonchev–Trinajstić information content (AvgIpc) is 3.65. The van der Waals surface area contributed by atoms with Crippen LogP contribution in [-0.4, -0.2) is 71.2 Å². The number of nitrogens with one attached hydrogen (secondary N) is 1. The fourth-order valence-corrected chi connectivity index (χ4v) is 5.95. The van der Waals surface area contributed by atoms with Crippen molar-refractivity contribution >= 4 is 22.9 Å². The first-order valence-corrected chi connectivity index (χ1v) is 15.0. The number of aliphatic hydroxyl groups is 1. The van der Waals surface area contributed by atoms with Gasteiger partial charge >= 0.3 is 6.09 Å². The maximum absolute atomic E-state index is 14.0. The van der Waals surface area contributed by atoms with Crippen LogP contribution in [0.1, 0.15) is 52.9 Å². The second-order valence-corrected chi connectivity index (χ2v) is 12.5. The number of rotatable bonds is 8. The molecule has 2 aromatic carbocycles. The van der Waals surface area contributed by atoms with Gasteiger partial charge in [-0.3, -0.25) is 4.79 Å². The minimum atomic E-state index is -1.29. The summed E-state index contributed by atoms with van der Waals surface area (Å²) in [7, 11) is 1.61. The Morgan fingerprint density at radius 2 is 1.79 bits per heavy atom. The van der Waals surface area contributed by atoms with Crippen molar-refractivity contribution in [2.75, 3.05) is 13.7 Å². The number of hydrogen-bond donors (Lipinski definition) is 3. The van der Waals surface area contributed by atoms with Crippen molar-refractivity contribution in [2.45, 2.75) is 83.4 Å². The van der Waals surface area contributed by atoms with Gasteiger partial charge in [-0.15, -0.1) is 0 Å². The molecular formula is C33H42N4O6. The lowest BCUT2D eigenvalue weighted by molar-refractivity contribution is -0.139. The molecule has 2 fully saturated rings. The summed E-state index contributed by atoms with van der Waals surface area (Å²) in [5, 5.41) is 14.1. The van der Waals surface area contributed by atoms with E-state index < -0.39 is 35.9 Å². The molecular weight excluding hydrogens is 548 g/mol. The summed E-state index contributed by atoms with van der Waals surface area (Å²) in [6, 6.07) is 15.7. The van der Waals surface area contributed by atoms with Crippen LogP contribution in [0.15, 0.2) is 54.6 Å². The van der Waals surface area contributed by atoms with Crippen molar-refractivity contribution in [1.82, 2.24) is 15.2 Å². The SMILES string of the molecule is COc1ccc2c(OC3C[C@@H](C(N)O)N(C(=O)[C@@H](NC(=O)OC4CCCC4)C(C)(C)C)C3)cc(-c3ccccc3)nc2c1. The highest BCUT2D eigenvalue weighted by atomic mass is 16.6. The van der Waals surface area contributed by atoms with Crippen LogP contribution in [0.2, 0.25) is 0 Å². The van der Waals surface area contributed by atoms with Crippen LogP contribution in [0.5, 0.6) is 11.5 Å². The number of amides is 2. The number of fused-ring (bicyclic) bond motifs is 1. The van der Waals surface area contributed by atoms with E-state index in [-0.39, 0.29) is 18.6 Å². The molecule has 4 N–H and O–H groups in total. The van der Waals surface area contributed by atoms with E-state index in [0.717, 1.165) is 42.3 Å². The molecule has 10 heteroatoms. The maximum atomic E-state index is 14.0. The summed E-state index contributed by atoms with van der Waals surface area (Å²) in [5.74, 6) is 0.930. The molecule has 2 amide bonds. The standard InChI is InChI=1S/C33H42N4O6/c1-33(2,3)29(36-32(40)43-21-12-8-9-13-21)31(39)37-19-23(17-27(37)30(34)38)42-28-18-25(20-10-6-5-7-11-20)35-26-16-22(41-4)14-15-24(26)28/h5-7,10-11,14-16,18,21,23,27,29-30,38H,8-9,12-13,17,19,34H2,1-4H3,(H,36,40)/t23?,27-,29+,30?/m0/s1. The Labute approximate surface area is 252 Å². The highest BCUT2D eigenvalue weighted by Gasteiger charge is 2.45. The van der Waals surface area contributed by atoms with E-state index in [1.807, 2.05) is 75.4 Å². The van der Waals surface area contributed by atoms with Gasteiger partial charge in [-0.2, -0.15) is 0 Å². The third-order valence-electron chi connectivity index (χ3n) is 8.28. The second kappa shape index (κ2) is 12.8. The van der Waals surface area contributed by atoms with E-state index in [2.05, 4.69) is 5.32 Å². The Morgan fingerprint density at radius 3 is 2.44 bits per heavy atom. The number of hydrogen-bond acceptors (Lipinski definition) is 8. The number of nitrogens with zero attached hydrogens (tertiary/aromatic N) is 2. The van der Waals surface area contributed by atoms with Crippen LogP contribution in [0, 0.1) is 5.41 Å². The molecule has 1 aliphatic heterocycles. The van der Waals surface area contributed by atoms with E-state index in [1.165, 1.54) is 4.90 Å². The number of likely N-dealkylation sites (tertiary alicyclic amines) is 1. The van der Waals surface area contributed by atoms with E-state index in [9.17, 15) is 14.7 Å². The Hall–Kier alpha value is -3.89. The molecule has 1 aromatic heterocycles. The molecule has 0 radical (unpaired) electrons. The smallest absolute Gasteiger partial charge is 0.408 e. The van der Waals surface area contributed by atoms with Crippen molar-refractivity contribution in [3.63, 3.8) is 0 Å². The predicted molar refractivity (Wildman–Crippen MR) is 164 cm³/mol. The minimum absolute atomic E-state index is 0.130. The van der Waals surface area contributed by atoms with E-state index in [0.29, 0.717) is 23.4 Å². The van der Waals surface area contributed by atoms with Crippen LogP contribution < -0.4 is 20.5 Å². The Bertz CT molecular complexity index is 1430. The fraction of sp³-hybridized carbons (Fsp3) is 0.485. The van der Waals surface area contributed by atoms with Gasteiger partial charge in [0, 0.05) is 29.5 Å². The van der Waals surface area contributed by atoms with Gasteiger partial charge in [0.1, 0.15) is 36.0 Å². The van der Waals surface area contributed by atoms with Crippen molar-refractivity contribution in [3.8, 4) is 22.8 Å². The molecule has 2 heterocycles. The number of pyridine rings is 1. The van der Waals surface area contributed by atoms with Gasteiger partial charge in [-0.1, -0.05) is 51.1 Å². The van der Waals surface area contributed by atoms with E-state index >= 15 is 0 Å². The van der Waals surface area contributed by atoms with Crippen LogP contribution in [0.3, 0.4) is 0 Å². The Morgan fingerprint density at radius 1 is 1.07 bits per heavy atom. The number of methoxy groups -OCH3 is 1. The van der Waals surface area contributed by atoms with Crippen LogP contribution in [0.25, 0.3) is 22.2 Å². The molecule has 2 aliphatic rings. The summed E-state index contributed by atoms with van der Waals surface area (Å²) < 4.78 is 17.6. The molecule has 43 heavy (non-hydrogen) atoms. The number of aromatic nitrogens is 1.